The first-order chi connectivity index (χ1) is 8.69. The van der Waals surface area contributed by atoms with E-state index in [4.69, 9.17) is 9.47 Å². The maximum atomic E-state index is 11.6. The number of carbonyl (C=O) groups is 1. The highest BCUT2D eigenvalue weighted by atomic mass is 16.6. The molecule has 0 heterocycles. The van der Waals surface area contributed by atoms with E-state index >= 15 is 0 Å². The second-order valence-electron chi connectivity index (χ2n) is 5.47. The quantitative estimate of drug-likeness (QED) is 0.610. The number of allylic oxidation sites excluding steroid dienone is 3. The number of alkyl carbamates (subject to hydrolysis) is 1. The van der Waals surface area contributed by atoms with Crippen molar-refractivity contribution < 1.29 is 14.3 Å². The molecular weight excluding hydrogens is 242 g/mol. The summed E-state index contributed by atoms with van der Waals surface area (Å²) in [6, 6.07) is -0.0823. The molecule has 0 aliphatic carbocycles. The summed E-state index contributed by atoms with van der Waals surface area (Å²) in [5, 5.41) is 2.80. The minimum atomic E-state index is -0.479. The van der Waals surface area contributed by atoms with Gasteiger partial charge in [-0.25, -0.2) is 4.79 Å². The molecule has 4 nitrogen and oxygen atoms in total. The lowest BCUT2D eigenvalue weighted by Crippen LogP contribution is -2.38. The van der Waals surface area contributed by atoms with Gasteiger partial charge in [0.25, 0.3) is 0 Å². The maximum Gasteiger partial charge on any atom is 0.408 e. The molecule has 0 spiro atoms. The number of rotatable bonds is 5. The van der Waals surface area contributed by atoms with Gasteiger partial charge in [0.05, 0.1) is 18.9 Å². The van der Waals surface area contributed by atoms with Crippen molar-refractivity contribution in [1.29, 1.82) is 0 Å². The molecule has 0 rings (SSSR count). The minimum Gasteiger partial charge on any atom is -0.501 e. The lowest BCUT2D eigenvalue weighted by molar-refractivity contribution is 0.0515. The van der Waals surface area contributed by atoms with Crippen molar-refractivity contribution in [1.82, 2.24) is 5.32 Å². The molecule has 1 amide bonds. The third-order valence-corrected chi connectivity index (χ3v) is 2.56. The van der Waals surface area contributed by atoms with Crippen LogP contribution in [0.25, 0.3) is 0 Å². The van der Waals surface area contributed by atoms with Gasteiger partial charge in [0.2, 0.25) is 0 Å². The molecule has 0 bridgehead atoms. The summed E-state index contributed by atoms with van der Waals surface area (Å²) in [5.41, 5.74) is 0.557. The lowest BCUT2D eigenvalue weighted by atomic mass is 10.1. The molecule has 0 aromatic rings. The summed E-state index contributed by atoms with van der Waals surface area (Å²) in [6.07, 6.45) is 4.31. The van der Waals surface area contributed by atoms with Gasteiger partial charge in [0, 0.05) is 6.42 Å². The Morgan fingerprint density at radius 1 is 1.32 bits per heavy atom. The first-order valence-electron chi connectivity index (χ1n) is 6.60. The molecule has 0 saturated heterocycles. The fourth-order valence-corrected chi connectivity index (χ4v) is 1.30. The summed E-state index contributed by atoms with van der Waals surface area (Å²) in [6.45, 7) is 11.4. The number of hydrogen-bond acceptors (Lipinski definition) is 3. The second-order valence-corrected chi connectivity index (χ2v) is 5.47. The monoisotopic (exact) mass is 269 g/mol. The topological polar surface area (TPSA) is 47.6 Å². The summed E-state index contributed by atoms with van der Waals surface area (Å²) in [7, 11) is 1.65. The molecule has 110 valence electrons. The smallest absolute Gasteiger partial charge is 0.408 e. The average molecular weight is 269 g/mol. The zero-order valence-electron chi connectivity index (χ0n) is 13.2. The van der Waals surface area contributed by atoms with Crippen molar-refractivity contribution in [3.8, 4) is 0 Å². The van der Waals surface area contributed by atoms with Crippen LogP contribution in [0.15, 0.2) is 23.5 Å². The van der Waals surface area contributed by atoms with Crippen molar-refractivity contribution in [2.75, 3.05) is 7.11 Å². The van der Waals surface area contributed by atoms with Crippen LogP contribution < -0.4 is 5.32 Å². The SMILES string of the molecule is CCC(=CC=C(C)C(C)NC(=O)OC(C)(C)C)OC. The largest absolute Gasteiger partial charge is 0.501 e. The molecule has 0 aliphatic rings. The number of ether oxygens (including phenoxy) is 2. The van der Waals surface area contributed by atoms with E-state index in [-0.39, 0.29) is 6.04 Å². The van der Waals surface area contributed by atoms with E-state index < -0.39 is 11.7 Å². The van der Waals surface area contributed by atoms with Gasteiger partial charge in [-0.3, -0.25) is 0 Å². The first kappa shape index (κ1) is 17.6. The van der Waals surface area contributed by atoms with E-state index in [2.05, 4.69) is 5.32 Å². The van der Waals surface area contributed by atoms with Crippen molar-refractivity contribution >= 4 is 6.09 Å². The Kier molecular flexibility index (Phi) is 7.27. The number of hydrogen-bond donors (Lipinski definition) is 1. The van der Waals surface area contributed by atoms with Crippen LogP contribution in [0.4, 0.5) is 4.79 Å². The summed E-state index contributed by atoms with van der Waals surface area (Å²) >= 11 is 0. The standard InChI is InChI=1S/C15H27NO3/c1-8-13(18-7)10-9-11(2)12(3)16-14(17)19-15(4,5)6/h9-10,12H,8H2,1-7H3,(H,16,17). The van der Waals surface area contributed by atoms with Crippen LogP contribution in [0.3, 0.4) is 0 Å². The number of amides is 1. The Morgan fingerprint density at radius 3 is 2.32 bits per heavy atom. The Balaban J connectivity index is 4.50. The highest BCUT2D eigenvalue weighted by molar-refractivity contribution is 5.68. The van der Waals surface area contributed by atoms with E-state index in [1.165, 1.54) is 0 Å². The van der Waals surface area contributed by atoms with Gasteiger partial charge in [-0.05, 0) is 40.7 Å². The van der Waals surface area contributed by atoms with Crippen molar-refractivity contribution in [3.63, 3.8) is 0 Å². The van der Waals surface area contributed by atoms with E-state index in [9.17, 15) is 4.79 Å². The molecule has 0 saturated carbocycles. The van der Waals surface area contributed by atoms with Gasteiger partial charge < -0.3 is 14.8 Å². The van der Waals surface area contributed by atoms with Gasteiger partial charge in [-0.15, -0.1) is 0 Å². The van der Waals surface area contributed by atoms with Crippen molar-refractivity contribution in [3.05, 3.63) is 23.5 Å². The van der Waals surface area contributed by atoms with E-state index in [0.717, 1.165) is 17.8 Å². The molecule has 0 aromatic heterocycles. The van der Waals surface area contributed by atoms with Crippen molar-refractivity contribution in [2.24, 2.45) is 0 Å². The van der Waals surface area contributed by atoms with Gasteiger partial charge in [0.1, 0.15) is 5.60 Å². The zero-order chi connectivity index (χ0) is 15.1. The lowest BCUT2D eigenvalue weighted by Gasteiger charge is -2.22. The van der Waals surface area contributed by atoms with Crippen LogP contribution in [0, 0.1) is 0 Å². The number of methoxy groups -OCH3 is 1. The van der Waals surface area contributed by atoms with Gasteiger partial charge in [0.15, 0.2) is 0 Å². The Labute approximate surface area is 116 Å². The van der Waals surface area contributed by atoms with Crippen LogP contribution in [-0.2, 0) is 9.47 Å². The molecule has 1 N–H and O–H groups in total. The van der Waals surface area contributed by atoms with Crippen molar-refractivity contribution in [2.45, 2.75) is 59.6 Å². The molecule has 1 unspecified atom stereocenters. The predicted molar refractivity (Wildman–Crippen MR) is 78.0 cm³/mol. The normalized spacial score (nSPS) is 14.9. The van der Waals surface area contributed by atoms with Crippen LogP contribution >= 0.6 is 0 Å². The van der Waals surface area contributed by atoms with Crippen LogP contribution in [-0.4, -0.2) is 24.8 Å². The highest BCUT2D eigenvalue weighted by Gasteiger charge is 2.17. The predicted octanol–water partition coefficient (Wildman–Crippen LogP) is 3.79. The molecular formula is C15H27NO3. The van der Waals surface area contributed by atoms with Crippen LogP contribution in [0.2, 0.25) is 0 Å². The molecule has 19 heavy (non-hydrogen) atoms. The van der Waals surface area contributed by atoms with Crippen LogP contribution in [0.5, 0.6) is 0 Å². The third-order valence-electron chi connectivity index (χ3n) is 2.56. The van der Waals surface area contributed by atoms with E-state index in [0.29, 0.717) is 0 Å². The second kappa shape index (κ2) is 7.87. The average Bonchev–Trinajstić information content (AvgIpc) is 2.27. The van der Waals surface area contributed by atoms with E-state index in [1.54, 1.807) is 7.11 Å². The molecule has 4 heteroatoms. The summed E-state index contributed by atoms with van der Waals surface area (Å²) in [5.74, 6) is 0.906. The fraction of sp³-hybridized carbons (Fsp3) is 0.667. The number of carbonyl (C=O) groups excluding carboxylic acids is 1. The van der Waals surface area contributed by atoms with E-state index in [1.807, 2.05) is 53.7 Å². The van der Waals surface area contributed by atoms with Gasteiger partial charge >= 0.3 is 6.09 Å². The minimum absolute atomic E-state index is 0.0823. The Hall–Kier alpha value is -1.45. The maximum absolute atomic E-state index is 11.6. The molecule has 0 aromatic carbocycles. The highest BCUT2D eigenvalue weighted by Crippen LogP contribution is 2.09. The third kappa shape index (κ3) is 8.30. The number of nitrogens with one attached hydrogen (secondary N) is 1. The first-order valence-corrected chi connectivity index (χ1v) is 6.60. The Bertz CT molecular complexity index is 345. The zero-order valence-corrected chi connectivity index (χ0v) is 13.2. The fourth-order valence-electron chi connectivity index (χ4n) is 1.30. The molecule has 0 fully saturated rings. The molecule has 0 aliphatic heterocycles. The molecule has 1 atom stereocenters. The van der Waals surface area contributed by atoms with Crippen LogP contribution in [0.1, 0.15) is 48.0 Å². The van der Waals surface area contributed by atoms with Gasteiger partial charge in [-0.2, -0.15) is 0 Å². The Morgan fingerprint density at radius 2 is 1.89 bits per heavy atom. The summed E-state index contributed by atoms with van der Waals surface area (Å²) < 4.78 is 10.4. The summed E-state index contributed by atoms with van der Waals surface area (Å²) in [4.78, 5) is 11.6. The van der Waals surface area contributed by atoms with Gasteiger partial charge in [-0.1, -0.05) is 18.6 Å². The molecule has 0 radical (unpaired) electrons.